The van der Waals surface area contributed by atoms with Gasteiger partial charge < -0.3 is 15.8 Å². The molecule has 5 heteroatoms. The average molecular weight is 188 g/mol. The van der Waals surface area contributed by atoms with Gasteiger partial charge in [-0.05, 0) is 13.0 Å². The zero-order valence-electron chi connectivity index (χ0n) is 7.43. The van der Waals surface area contributed by atoms with Gasteiger partial charge >= 0.3 is 0 Å². The van der Waals surface area contributed by atoms with Crippen LogP contribution in [0.4, 0.5) is 0 Å². The molecule has 0 saturated carbocycles. The molecule has 0 bridgehead atoms. The Bertz CT molecular complexity index is 161. The third-order valence-corrected chi connectivity index (χ3v) is 3.11. The molecule has 0 heterocycles. The maximum Gasteiger partial charge on any atom is 0.217 e. The van der Waals surface area contributed by atoms with Crippen molar-refractivity contribution in [2.75, 3.05) is 13.1 Å². The topological polar surface area (TPSA) is 72.2 Å². The van der Waals surface area contributed by atoms with E-state index in [0.717, 1.165) is 12.5 Å². The summed E-state index contributed by atoms with van der Waals surface area (Å²) in [5.74, 6) is -0.142. The highest BCUT2D eigenvalue weighted by Gasteiger charge is 2.01. The van der Waals surface area contributed by atoms with Crippen LogP contribution < -0.4 is 11.1 Å². The zero-order valence-corrected chi connectivity index (χ0v) is 8.84. The van der Waals surface area contributed by atoms with Crippen LogP contribution in [0.5, 0.6) is 0 Å². The van der Waals surface area contributed by atoms with Crippen LogP contribution in [0.25, 0.3) is 0 Å². The van der Waals surface area contributed by atoms with Gasteiger partial charge in [-0.15, -0.1) is 0 Å². The molecule has 0 aromatic carbocycles. The first-order valence-electron chi connectivity index (χ1n) is 4.13. The third-order valence-electron chi connectivity index (χ3n) is 1.44. The van der Waals surface area contributed by atoms with E-state index < -0.39 is 9.52 Å². The molecule has 0 fully saturated rings. The lowest BCUT2D eigenvalue weighted by molar-refractivity contribution is -0.121. The van der Waals surface area contributed by atoms with Gasteiger partial charge in [0, 0.05) is 6.92 Å². The predicted octanol–water partition coefficient (Wildman–Crippen LogP) is -1.41. The molecule has 0 aliphatic carbocycles. The van der Waals surface area contributed by atoms with Crippen LogP contribution in [0.15, 0.2) is 0 Å². The van der Waals surface area contributed by atoms with Crippen LogP contribution >= 0.6 is 0 Å². The second-order valence-electron chi connectivity index (χ2n) is 2.69. The summed E-state index contributed by atoms with van der Waals surface area (Å²) in [6, 6.07) is 0.953. The minimum absolute atomic E-state index is 0.142. The Morgan fingerprint density at radius 3 is 2.67 bits per heavy atom. The maximum atomic E-state index is 11.0. The minimum atomic E-state index is -0.652. The minimum Gasteiger partial charge on any atom is -0.350 e. The predicted molar refractivity (Wildman–Crippen MR) is 50.7 cm³/mol. The molecule has 0 radical (unpaired) electrons. The highest BCUT2D eigenvalue weighted by Crippen LogP contribution is 1.85. The van der Waals surface area contributed by atoms with Crippen molar-refractivity contribution in [2.45, 2.75) is 19.4 Å². The molecule has 3 N–H and O–H groups in total. The Balaban J connectivity index is 3.28. The molecule has 1 amide bonds. The van der Waals surface area contributed by atoms with Gasteiger partial charge in [0.2, 0.25) is 5.91 Å². The van der Waals surface area contributed by atoms with Crippen LogP contribution in [-0.2, 0) is 9.59 Å². The van der Waals surface area contributed by atoms with Crippen molar-refractivity contribution in [2.24, 2.45) is 5.73 Å². The lowest BCUT2D eigenvalue weighted by Crippen LogP contribution is -2.30. The second kappa shape index (κ2) is 6.99. The maximum absolute atomic E-state index is 11.0. The van der Waals surface area contributed by atoms with Crippen molar-refractivity contribution in [3.8, 4) is 0 Å². The average Bonchev–Trinajstić information content (AvgIpc) is 2.01. The molecule has 0 atom stereocenters. The summed E-state index contributed by atoms with van der Waals surface area (Å²) < 4.78 is 0. The first-order chi connectivity index (χ1) is 5.66. The third kappa shape index (κ3) is 7.42. The van der Waals surface area contributed by atoms with E-state index >= 15 is 0 Å². The summed E-state index contributed by atoms with van der Waals surface area (Å²) in [5.41, 5.74) is 5.28. The van der Waals surface area contributed by atoms with Crippen molar-refractivity contribution in [3.63, 3.8) is 0 Å². The van der Waals surface area contributed by atoms with E-state index in [2.05, 4.69) is 5.32 Å². The van der Waals surface area contributed by atoms with Gasteiger partial charge in [-0.25, -0.2) is 0 Å². The number of carbonyl (C=O) groups is 2. The van der Waals surface area contributed by atoms with E-state index in [1.165, 1.54) is 6.92 Å². The van der Waals surface area contributed by atoms with Crippen LogP contribution in [0.1, 0.15) is 13.3 Å². The molecular weight excluding hydrogens is 172 g/mol. The summed E-state index contributed by atoms with van der Waals surface area (Å²) in [7, 11) is -0.652. The van der Waals surface area contributed by atoms with Gasteiger partial charge in [0.25, 0.3) is 0 Å². The fourth-order valence-electron chi connectivity index (χ4n) is 0.778. The van der Waals surface area contributed by atoms with E-state index in [0.29, 0.717) is 6.54 Å². The zero-order chi connectivity index (χ0) is 9.40. The number of nitrogens with two attached hydrogens (primary N) is 1. The van der Waals surface area contributed by atoms with Crippen LogP contribution in [0.2, 0.25) is 6.04 Å². The molecular formula is C7H16N2O2Si. The second-order valence-corrected chi connectivity index (χ2v) is 4.69. The van der Waals surface area contributed by atoms with E-state index in [1.807, 2.05) is 0 Å². The van der Waals surface area contributed by atoms with Crippen LogP contribution in [0.3, 0.4) is 0 Å². The van der Waals surface area contributed by atoms with Gasteiger partial charge in [0.15, 0.2) is 0 Å². The van der Waals surface area contributed by atoms with E-state index in [4.69, 9.17) is 5.73 Å². The van der Waals surface area contributed by atoms with Gasteiger partial charge in [-0.1, -0.05) is 6.04 Å². The van der Waals surface area contributed by atoms with Crippen LogP contribution in [-0.4, -0.2) is 33.9 Å². The summed E-state index contributed by atoms with van der Waals surface area (Å²) in [5, 5.41) is 2.69. The fourth-order valence-corrected chi connectivity index (χ4v) is 2.01. The molecule has 0 saturated heterocycles. The normalized spacial score (nSPS) is 10.5. The Kier molecular flexibility index (Phi) is 6.59. The van der Waals surface area contributed by atoms with Gasteiger partial charge in [-0.2, -0.15) is 0 Å². The van der Waals surface area contributed by atoms with Crippen molar-refractivity contribution >= 4 is 20.8 Å². The smallest absolute Gasteiger partial charge is 0.217 e. The molecule has 0 aromatic heterocycles. The molecule has 0 rings (SSSR count). The summed E-state index contributed by atoms with van der Waals surface area (Å²) in [6.07, 6.45) is 0.929. The number of rotatable bonds is 6. The summed E-state index contributed by atoms with van der Waals surface area (Å²) in [4.78, 5) is 21.4. The number of carbonyl (C=O) groups excluding carboxylic acids is 2. The lowest BCUT2D eigenvalue weighted by Gasteiger charge is -1.99. The molecule has 0 aliphatic rings. The van der Waals surface area contributed by atoms with Gasteiger partial charge in [0.05, 0.1) is 6.54 Å². The molecule has 0 aromatic rings. The van der Waals surface area contributed by atoms with E-state index in [1.54, 1.807) is 0 Å². The Hall–Kier alpha value is -0.683. The number of hydrogen-bond acceptors (Lipinski definition) is 3. The summed E-state index contributed by atoms with van der Waals surface area (Å²) >= 11 is 0. The Morgan fingerprint density at radius 2 is 2.17 bits per heavy atom. The molecule has 0 aliphatic heterocycles. The lowest BCUT2D eigenvalue weighted by atomic mass is 10.5. The van der Waals surface area contributed by atoms with Gasteiger partial charge in [-0.3, -0.25) is 4.79 Å². The molecule has 4 nitrogen and oxygen atoms in total. The Morgan fingerprint density at radius 1 is 1.50 bits per heavy atom. The number of nitrogens with one attached hydrogen (secondary N) is 1. The molecule has 0 spiro atoms. The highest BCUT2D eigenvalue weighted by molar-refractivity contribution is 6.74. The number of hydrogen-bond donors (Lipinski definition) is 2. The highest BCUT2D eigenvalue weighted by atomic mass is 28.2. The monoisotopic (exact) mass is 188 g/mol. The largest absolute Gasteiger partial charge is 0.350 e. The van der Waals surface area contributed by atoms with Crippen molar-refractivity contribution in [1.29, 1.82) is 0 Å². The fraction of sp³-hybridized carbons (Fsp3) is 0.714. The van der Waals surface area contributed by atoms with Crippen molar-refractivity contribution in [3.05, 3.63) is 0 Å². The molecule has 12 heavy (non-hydrogen) atoms. The van der Waals surface area contributed by atoms with E-state index in [9.17, 15) is 9.59 Å². The van der Waals surface area contributed by atoms with Crippen molar-refractivity contribution < 1.29 is 9.59 Å². The number of amides is 1. The molecule has 0 unspecified atom stereocenters. The van der Waals surface area contributed by atoms with Crippen LogP contribution in [0, 0.1) is 0 Å². The summed E-state index contributed by atoms with van der Waals surface area (Å²) in [6.45, 7) is 2.28. The first-order valence-corrected chi connectivity index (χ1v) is 5.83. The standard InChI is InChI=1S/C7H16N2O2Si/c1-6(10)9-5-7(11)12-4-2-3-8/h2-5,8,12H2,1H3,(H,9,10). The van der Waals surface area contributed by atoms with Crippen molar-refractivity contribution in [1.82, 2.24) is 5.32 Å². The SMILES string of the molecule is CC(=O)NCC(=O)[SiH2]CCCN. The quantitative estimate of drug-likeness (QED) is 0.397. The first kappa shape index (κ1) is 11.3. The van der Waals surface area contributed by atoms with E-state index in [-0.39, 0.29) is 17.9 Å². The Labute approximate surface area is 74.7 Å². The molecule has 70 valence electrons. The van der Waals surface area contributed by atoms with Gasteiger partial charge in [0.1, 0.15) is 14.9 Å².